The molecule has 0 radical (unpaired) electrons. The van der Waals surface area contributed by atoms with Crippen molar-refractivity contribution in [2.24, 2.45) is 0 Å². The number of carbonyl (C=O) groups excluding carboxylic acids is 1. The summed E-state index contributed by atoms with van der Waals surface area (Å²) in [5.74, 6) is 0.424. The normalized spacial score (nSPS) is 10.4. The molecular formula is C17H13Cl2N3O2. The fourth-order valence-electron chi connectivity index (χ4n) is 2.03. The van der Waals surface area contributed by atoms with Crippen LogP contribution in [0, 0.1) is 0 Å². The number of hydrogen-bond acceptors (Lipinski definition) is 4. The predicted molar refractivity (Wildman–Crippen MR) is 94.7 cm³/mol. The van der Waals surface area contributed by atoms with Crippen LogP contribution in [0.3, 0.4) is 0 Å². The largest absolute Gasteiger partial charge is 0.467 e. The average molecular weight is 362 g/mol. The Morgan fingerprint density at radius 2 is 1.88 bits per heavy atom. The van der Waals surface area contributed by atoms with Crippen LogP contribution in [0.25, 0.3) is 0 Å². The first-order valence-electron chi connectivity index (χ1n) is 7.11. The summed E-state index contributed by atoms with van der Waals surface area (Å²) < 4.78 is 5.23. The SMILES string of the molecule is O=C(Nc1c(Cl)cccc1Cl)c1ccc(NCc2ccco2)cn1. The molecule has 2 N–H and O–H groups in total. The van der Waals surface area contributed by atoms with Crippen molar-refractivity contribution < 1.29 is 9.21 Å². The molecule has 0 unspecified atom stereocenters. The summed E-state index contributed by atoms with van der Waals surface area (Å²) in [6.07, 6.45) is 3.19. The highest BCUT2D eigenvalue weighted by atomic mass is 35.5. The number of amides is 1. The second-order valence-corrected chi connectivity index (χ2v) is 5.73. The number of pyridine rings is 1. The Kier molecular flexibility index (Phi) is 5.03. The van der Waals surface area contributed by atoms with E-state index in [0.29, 0.717) is 22.3 Å². The number of para-hydroxylation sites is 1. The summed E-state index contributed by atoms with van der Waals surface area (Å²) >= 11 is 12.1. The van der Waals surface area contributed by atoms with Crippen molar-refractivity contribution in [2.75, 3.05) is 10.6 Å². The molecule has 0 spiro atoms. The number of hydrogen-bond donors (Lipinski definition) is 2. The maximum atomic E-state index is 12.2. The van der Waals surface area contributed by atoms with Crippen molar-refractivity contribution in [2.45, 2.75) is 6.54 Å². The first-order chi connectivity index (χ1) is 11.6. The van der Waals surface area contributed by atoms with E-state index in [1.807, 2.05) is 12.1 Å². The lowest BCUT2D eigenvalue weighted by atomic mass is 10.2. The molecular weight excluding hydrogens is 349 g/mol. The molecule has 7 heteroatoms. The van der Waals surface area contributed by atoms with Crippen LogP contribution in [-0.4, -0.2) is 10.9 Å². The van der Waals surface area contributed by atoms with Gasteiger partial charge in [-0.3, -0.25) is 4.79 Å². The number of anilines is 2. The molecule has 0 fully saturated rings. The fourth-order valence-corrected chi connectivity index (χ4v) is 2.52. The van der Waals surface area contributed by atoms with Gasteiger partial charge in [-0.15, -0.1) is 0 Å². The zero-order valence-electron chi connectivity index (χ0n) is 12.4. The Labute approximate surface area is 148 Å². The quantitative estimate of drug-likeness (QED) is 0.681. The Morgan fingerprint density at radius 1 is 1.08 bits per heavy atom. The first-order valence-corrected chi connectivity index (χ1v) is 7.87. The van der Waals surface area contributed by atoms with E-state index in [4.69, 9.17) is 27.6 Å². The molecule has 1 aromatic carbocycles. The molecule has 0 aliphatic carbocycles. The number of furan rings is 1. The van der Waals surface area contributed by atoms with E-state index in [1.165, 1.54) is 0 Å². The van der Waals surface area contributed by atoms with Crippen molar-refractivity contribution in [3.05, 3.63) is 76.4 Å². The molecule has 3 aromatic rings. The zero-order chi connectivity index (χ0) is 16.9. The Balaban J connectivity index is 1.65. The molecule has 122 valence electrons. The summed E-state index contributed by atoms with van der Waals surface area (Å²) in [6.45, 7) is 0.537. The van der Waals surface area contributed by atoms with Crippen LogP contribution in [0.15, 0.2) is 59.3 Å². The van der Waals surface area contributed by atoms with Gasteiger partial charge in [0.05, 0.1) is 40.4 Å². The topological polar surface area (TPSA) is 67.2 Å². The first kappa shape index (κ1) is 16.4. The third kappa shape index (κ3) is 3.88. The molecule has 0 saturated heterocycles. The second kappa shape index (κ2) is 7.38. The molecule has 3 rings (SSSR count). The molecule has 0 saturated carbocycles. The van der Waals surface area contributed by atoms with Gasteiger partial charge in [-0.1, -0.05) is 29.3 Å². The highest BCUT2D eigenvalue weighted by molar-refractivity contribution is 6.39. The van der Waals surface area contributed by atoms with Gasteiger partial charge in [0.25, 0.3) is 5.91 Å². The van der Waals surface area contributed by atoms with Gasteiger partial charge < -0.3 is 15.1 Å². The van der Waals surface area contributed by atoms with Gasteiger partial charge in [0.2, 0.25) is 0 Å². The minimum Gasteiger partial charge on any atom is -0.467 e. The van der Waals surface area contributed by atoms with Crippen LogP contribution in [0.5, 0.6) is 0 Å². The monoisotopic (exact) mass is 361 g/mol. The van der Waals surface area contributed by atoms with E-state index in [2.05, 4.69) is 15.6 Å². The second-order valence-electron chi connectivity index (χ2n) is 4.92. The van der Waals surface area contributed by atoms with Gasteiger partial charge >= 0.3 is 0 Å². The summed E-state index contributed by atoms with van der Waals surface area (Å²) in [7, 11) is 0. The Morgan fingerprint density at radius 3 is 2.50 bits per heavy atom. The molecule has 0 aliphatic heterocycles. The van der Waals surface area contributed by atoms with Crippen molar-refractivity contribution >= 4 is 40.5 Å². The molecule has 0 atom stereocenters. The smallest absolute Gasteiger partial charge is 0.274 e. The maximum absolute atomic E-state index is 12.2. The third-order valence-electron chi connectivity index (χ3n) is 3.24. The van der Waals surface area contributed by atoms with Crippen molar-refractivity contribution in [1.82, 2.24) is 4.98 Å². The summed E-state index contributed by atoms with van der Waals surface area (Å²) in [4.78, 5) is 16.4. The number of aromatic nitrogens is 1. The van der Waals surface area contributed by atoms with Gasteiger partial charge in [-0.2, -0.15) is 0 Å². The highest BCUT2D eigenvalue weighted by Gasteiger charge is 2.12. The van der Waals surface area contributed by atoms with Crippen LogP contribution in [0.4, 0.5) is 11.4 Å². The van der Waals surface area contributed by atoms with Crippen molar-refractivity contribution in [3.8, 4) is 0 Å². The zero-order valence-corrected chi connectivity index (χ0v) is 13.9. The molecule has 24 heavy (non-hydrogen) atoms. The fraction of sp³-hybridized carbons (Fsp3) is 0.0588. The van der Waals surface area contributed by atoms with E-state index in [9.17, 15) is 4.79 Å². The van der Waals surface area contributed by atoms with Crippen molar-refractivity contribution in [3.63, 3.8) is 0 Å². The number of halogens is 2. The van der Waals surface area contributed by atoms with Crippen LogP contribution < -0.4 is 10.6 Å². The van der Waals surface area contributed by atoms with E-state index < -0.39 is 0 Å². The van der Waals surface area contributed by atoms with Crippen molar-refractivity contribution in [1.29, 1.82) is 0 Å². The number of rotatable bonds is 5. The van der Waals surface area contributed by atoms with Crippen LogP contribution in [0.2, 0.25) is 10.0 Å². The lowest BCUT2D eigenvalue weighted by Gasteiger charge is -2.09. The van der Waals surface area contributed by atoms with Gasteiger partial charge in [-0.05, 0) is 36.4 Å². The van der Waals surface area contributed by atoms with Gasteiger partial charge in [-0.25, -0.2) is 4.98 Å². The number of carbonyl (C=O) groups is 1. The standard InChI is InChI=1S/C17H13Cl2N3O2/c18-13-4-1-5-14(19)16(13)22-17(23)15-7-6-11(9-21-15)20-10-12-3-2-8-24-12/h1-9,20H,10H2,(H,22,23). The van der Waals surface area contributed by atoms with Crippen LogP contribution >= 0.6 is 23.2 Å². The predicted octanol–water partition coefficient (Wildman–Crippen LogP) is 4.85. The summed E-state index contributed by atoms with van der Waals surface area (Å²) in [6, 6.07) is 12.1. The van der Waals surface area contributed by atoms with Gasteiger partial charge in [0.1, 0.15) is 11.5 Å². The van der Waals surface area contributed by atoms with E-state index >= 15 is 0 Å². The molecule has 2 heterocycles. The van der Waals surface area contributed by atoms with E-state index in [0.717, 1.165) is 11.4 Å². The Hall–Kier alpha value is -2.50. The van der Waals surface area contributed by atoms with E-state index in [-0.39, 0.29) is 11.6 Å². The number of nitrogens with one attached hydrogen (secondary N) is 2. The number of benzene rings is 1. The average Bonchev–Trinajstić information content (AvgIpc) is 3.10. The maximum Gasteiger partial charge on any atom is 0.274 e. The molecule has 1 amide bonds. The molecule has 2 aromatic heterocycles. The number of nitrogens with zero attached hydrogens (tertiary/aromatic N) is 1. The lowest BCUT2D eigenvalue weighted by molar-refractivity contribution is 0.102. The van der Waals surface area contributed by atoms with Crippen LogP contribution in [-0.2, 0) is 6.54 Å². The minimum absolute atomic E-state index is 0.259. The van der Waals surface area contributed by atoms with Crippen LogP contribution in [0.1, 0.15) is 16.2 Å². The summed E-state index contributed by atoms with van der Waals surface area (Å²) in [5, 5.41) is 6.56. The minimum atomic E-state index is -0.386. The summed E-state index contributed by atoms with van der Waals surface area (Å²) in [5.41, 5.74) is 1.40. The third-order valence-corrected chi connectivity index (χ3v) is 3.87. The molecule has 0 aliphatic rings. The molecule has 5 nitrogen and oxygen atoms in total. The lowest BCUT2D eigenvalue weighted by Crippen LogP contribution is -2.14. The molecule has 0 bridgehead atoms. The highest BCUT2D eigenvalue weighted by Crippen LogP contribution is 2.30. The van der Waals surface area contributed by atoms with Gasteiger partial charge in [0.15, 0.2) is 0 Å². The van der Waals surface area contributed by atoms with E-state index in [1.54, 1.807) is 42.8 Å². The van der Waals surface area contributed by atoms with Gasteiger partial charge in [0, 0.05) is 0 Å². The Bertz CT molecular complexity index is 813.